The van der Waals surface area contributed by atoms with Gasteiger partial charge in [-0.15, -0.1) is 0 Å². The fraction of sp³-hybridized carbons (Fsp3) is 0.0526. The van der Waals surface area contributed by atoms with E-state index in [9.17, 15) is 4.79 Å². The first-order valence-corrected chi connectivity index (χ1v) is 7.12. The molecule has 22 heavy (non-hydrogen) atoms. The van der Waals surface area contributed by atoms with E-state index in [1.54, 1.807) is 0 Å². The first-order chi connectivity index (χ1) is 10.7. The molecule has 0 amide bonds. The lowest BCUT2D eigenvalue weighted by Crippen LogP contribution is -2.01. The Morgan fingerprint density at radius 3 is 2.50 bits per heavy atom. The van der Waals surface area contributed by atoms with Gasteiger partial charge in [0.2, 0.25) is 5.56 Å². The Labute approximate surface area is 128 Å². The monoisotopic (exact) mass is 288 g/mol. The van der Waals surface area contributed by atoms with Gasteiger partial charge < -0.3 is 4.98 Å². The SMILES string of the molecule is Cc1ccc2ccc(=O)[nH]c2c1.c1ccc2ncccc2c1. The molecule has 3 heteroatoms. The number of benzene rings is 2. The van der Waals surface area contributed by atoms with Crippen LogP contribution in [0.3, 0.4) is 0 Å². The summed E-state index contributed by atoms with van der Waals surface area (Å²) in [6.07, 6.45) is 1.81. The normalized spacial score (nSPS) is 10.2. The Bertz CT molecular complexity index is 908. The zero-order chi connectivity index (χ0) is 15.4. The molecule has 0 radical (unpaired) electrons. The van der Waals surface area contributed by atoms with Crippen molar-refractivity contribution in [3.8, 4) is 0 Å². The van der Waals surface area contributed by atoms with Crippen molar-refractivity contribution < 1.29 is 0 Å². The van der Waals surface area contributed by atoms with Gasteiger partial charge in [-0.2, -0.15) is 0 Å². The van der Waals surface area contributed by atoms with E-state index in [-0.39, 0.29) is 5.56 Å². The maximum absolute atomic E-state index is 10.9. The van der Waals surface area contributed by atoms with Gasteiger partial charge in [-0.25, -0.2) is 0 Å². The average molecular weight is 288 g/mol. The predicted octanol–water partition coefficient (Wildman–Crippen LogP) is 4.07. The minimum atomic E-state index is -0.0481. The summed E-state index contributed by atoms with van der Waals surface area (Å²) in [6, 6.07) is 21.4. The predicted molar refractivity (Wildman–Crippen MR) is 91.0 cm³/mol. The number of nitrogens with one attached hydrogen (secondary N) is 1. The molecule has 1 N–H and O–H groups in total. The summed E-state index contributed by atoms with van der Waals surface area (Å²) < 4.78 is 0. The number of aryl methyl sites for hydroxylation is 1. The Kier molecular flexibility index (Phi) is 3.97. The van der Waals surface area contributed by atoms with Crippen LogP contribution in [0, 0.1) is 6.92 Å². The van der Waals surface area contributed by atoms with Crippen LogP contribution in [0.4, 0.5) is 0 Å². The minimum absolute atomic E-state index is 0.0481. The van der Waals surface area contributed by atoms with Crippen LogP contribution in [0.1, 0.15) is 5.56 Å². The highest BCUT2D eigenvalue weighted by atomic mass is 16.1. The van der Waals surface area contributed by atoms with Gasteiger partial charge in [0.1, 0.15) is 0 Å². The van der Waals surface area contributed by atoms with Crippen molar-refractivity contribution in [3.63, 3.8) is 0 Å². The summed E-state index contributed by atoms with van der Waals surface area (Å²) in [5.41, 5.74) is 3.07. The molecule has 0 aliphatic carbocycles. The number of hydrogen-bond acceptors (Lipinski definition) is 2. The topological polar surface area (TPSA) is 45.8 Å². The molecular formula is C19H16N2O. The molecule has 2 aromatic carbocycles. The molecular weight excluding hydrogens is 272 g/mol. The highest BCUT2D eigenvalue weighted by molar-refractivity contribution is 5.79. The molecule has 0 bridgehead atoms. The third-order valence-electron chi connectivity index (χ3n) is 3.39. The number of hydrogen-bond donors (Lipinski definition) is 1. The number of pyridine rings is 2. The van der Waals surface area contributed by atoms with Crippen LogP contribution in [0.2, 0.25) is 0 Å². The van der Waals surface area contributed by atoms with Crippen LogP contribution in [-0.2, 0) is 0 Å². The van der Waals surface area contributed by atoms with E-state index in [1.165, 1.54) is 11.5 Å². The van der Waals surface area contributed by atoms with Crippen LogP contribution < -0.4 is 5.56 Å². The maximum Gasteiger partial charge on any atom is 0.248 e. The van der Waals surface area contributed by atoms with E-state index in [4.69, 9.17) is 0 Å². The lowest BCUT2D eigenvalue weighted by molar-refractivity contribution is 1.30. The van der Waals surface area contributed by atoms with Gasteiger partial charge in [0.05, 0.1) is 5.52 Å². The van der Waals surface area contributed by atoms with Crippen LogP contribution in [0.5, 0.6) is 0 Å². The largest absolute Gasteiger partial charge is 0.322 e. The molecule has 0 atom stereocenters. The molecule has 0 spiro atoms. The summed E-state index contributed by atoms with van der Waals surface area (Å²) in [5.74, 6) is 0. The second-order valence-corrected chi connectivity index (χ2v) is 5.11. The lowest BCUT2D eigenvalue weighted by atomic mass is 10.1. The van der Waals surface area contributed by atoms with E-state index >= 15 is 0 Å². The van der Waals surface area contributed by atoms with Gasteiger partial charge in [0.25, 0.3) is 0 Å². The molecule has 4 aromatic rings. The second kappa shape index (κ2) is 6.22. The summed E-state index contributed by atoms with van der Waals surface area (Å²) in [7, 11) is 0. The molecule has 2 aromatic heterocycles. The number of H-pyrrole nitrogens is 1. The zero-order valence-electron chi connectivity index (χ0n) is 12.3. The second-order valence-electron chi connectivity index (χ2n) is 5.11. The van der Waals surface area contributed by atoms with Crippen molar-refractivity contribution in [1.82, 2.24) is 9.97 Å². The smallest absolute Gasteiger partial charge is 0.248 e. The Morgan fingerprint density at radius 1 is 0.864 bits per heavy atom. The standard InChI is InChI=1S/C10H9NO.C9H7N/c1-7-2-3-8-4-5-10(12)11-9(8)6-7;1-2-6-9-8(4-1)5-3-7-10-9/h2-6H,1H3,(H,11,12);1-7H. The summed E-state index contributed by atoms with van der Waals surface area (Å²) in [5, 5.41) is 2.27. The molecule has 0 aliphatic rings. The van der Waals surface area contributed by atoms with E-state index in [0.717, 1.165) is 22.0 Å². The van der Waals surface area contributed by atoms with Gasteiger partial charge in [-0.1, -0.05) is 36.4 Å². The minimum Gasteiger partial charge on any atom is -0.322 e. The van der Waals surface area contributed by atoms with Gasteiger partial charge >= 0.3 is 0 Å². The van der Waals surface area contributed by atoms with Crippen molar-refractivity contribution in [2.75, 3.05) is 0 Å². The first-order valence-electron chi connectivity index (χ1n) is 7.12. The molecule has 108 valence electrons. The number of nitrogens with zero attached hydrogens (tertiary/aromatic N) is 1. The Morgan fingerprint density at radius 2 is 1.64 bits per heavy atom. The Hall–Kier alpha value is -2.94. The maximum atomic E-state index is 10.9. The zero-order valence-corrected chi connectivity index (χ0v) is 12.3. The highest BCUT2D eigenvalue weighted by Crippen LogP contribution is 2.10. The lowest BCUT2D eigenvalue weighted by Gasteiger charge is -1.97. The van der Waals surface area contributed by atoms with Crippen LogP contribution in [0.15, 0.2) is 77.7 Å². The van der Waals surface area contributed by atoms with Crippen molar-refractivity contribution >= 4 is 21.8 Å². The molecule has 0 saturated heterocycles. The molecule has 0 aliphatic heterocycles. The van der Waals surface area contributed by atoms with Crippen LogP contribution in [-0.4, -0.2) is 9.97 Å². The van der Waals surface area contributed by atoms with Crippen molar-refractivity contribution in [1.29, 1.82) is 0 Å². The van der Waals surface area contributed by atoms with Gasteiger partial charge in [-0.05, 0) is 42.1 Å². The van der Waals surface area contributed by atoms with E-state index < -0.39 is 0 Å². The molecule has 3 nitrogen and oxygen atoms in total. The number of para-hydroxylation sites is 1. The molecule has 0 unspecified atom stereocenters. The third kappa shape index (κ3) is 3.20. The molecule has 2 heterocycles. The quantitative estimate of drug-likeness (QED) is 0.530. The van der Waals surface area contributed by atoms with Crippen LogP contribution >= 0.6 is 0 Å². The Balaban J connectivity index is 0.000000133. The summed E-state index contributed by atoms with van der Waals surface area (Å²) in [6.45, 7) is 2.00. The van der Waals surface area contributed by atoms with Crippen molar-refractivity contribution in [2.24, 2.45) is 0 Å². The summed E-state index contributed by atoms with van der Waals surface area (Å²) in [4.78, 5) is 17.9. The average Bonchev–Trinajstić information content (AvgIpc) is 2.55. The third-order valence-corrected chi connectivity index (χ3v) is 3.39. The highest BCUT2D eigenvalue weighted by Gasteiger charge is 1.92. The summed E-state index contributed by atoms with van der Waals surface area (Å²) >= 11 is 0. The van der Waals surface area contributed by atoms with Gasteiger partial charge in [0, 0.05) is 23.2 Å². The van der Waals surface area contributed by atoms with Crippen molar-refractivity contribution in [2.45, 2.75) is 6.92 Å². The number of rotatable bonds is 0. The fourth-order valence-electron chi connectivity index (χ4n) is 2.28. The van der Waals surface area contributed by atoms with E-state index in [0.29, 0.717) is 0 Å². The fourth-order valence-corrected chi connectivity index (χ4v) is 2.28. The number of fused-ring (bicyclic) bond motifs is 2. The van der Waals surface area contributed by atoms with E-state index in [2.05, 4.69) is 22.1 Å². The first kappa shape index (κ1) is 14.0. The number of aromatic nitrogens is 2. The molecule has 0 saturated carbocycles. The van der Waals surface area contributed by atoms with Crippen LogP contribution in [0.25, 0.3) is 21.8 Å². The molecule has 4 rings (SSSR count). The van der Waals surface area contributed by atoms with Gasteiger partial charge in [0.15, 0.2) is 0 Å². The van der Waals surface area contributed by atoms with Gasteiger partial charge in [-0.3, -0.25) is 9.78 Å². The van der Waals surface area contributed by atoms with Crippen molar-refractivity contribution in [3.05, 3.63) is 88.8 Å². The number of aromatic amines is 1. The van der Waals surface area contributed by atoms with E-state index in [1.807, 2.05) is 61.7 Å². The molecule has 0 fully saturated rings.